The van der Waals surface area contributed by atoms with E-state index in [-0.39, 0.29) is 25.0 Å². The van der Waals surface area contributed by atoms with Crippen molar-refractivity contribution in [2.75, 3.05) is 20.8 Å². The van der Waals surface area contributed by atoms with Crippen LogP contribution in [0.1, 0.15) is 38.2 Å². The first kappa shape index (κ1) is 19.1. The van der Waals surface area contributed by atoms with Crippen LogP contribution < -0.4 is 14.8 Å². The highest BCUT2D eigenvalue weighted by Gasteiger charge is 2.23. The molecule has 0 spiro atoms. The zero-order valence-electron chi connectivity index (χ0n) is 15.2. The molecule has 0 heterocycles. The lowest BCUT2D eigenvalue weighted by atomic mass is 9.86. The Balaban J connectivity index is 1.79. The van der Waals surface area contributed by atoms with E-state index in [9.17, 15) is 9.59 Å². The Morgan fingerprint density at radius 3 is 2.52 bits per heavy atom. The average Bonchev–Trinajstić information content (AvgIpc) is 2.62. The van der Waals surface area contributed by atoms with Crippen LogP contribution in [0.3, 0.4) is 0 Å². The van der Waals surface area contributed by atoms with Crippen LogP contribution >= 0.6 is 0 Å². The highest BCUT2D eigenvalue weighted by Crippen LogP contribution is 2.27. The van der Waals surface area contributed by atoms with Crippen molar-refractivity contribution in [3.05, 3.63) is 23.8 Å². The van der Waals surface area contributed by atoms with Gasteiger partial charge in [0.25, 0.3) is 5.91 Å². The van der Waals surface area contributed by atoms with Crippen molar-refractivity contribution >= 4 is 11.9 Å². The van der Waals surface area contributed by atoms with E-state index in [1.54, 1.807) is 25.3 Å². The van der Waals surface area contributed by atoms with E-state index in [2.05, 4.69) is 12.2 Å². The molecule has 1 aromatic rings. The number of methoxy groups -OCH3 is 2. The fraction of sp³-hybridized carbons (Fsp3) is 0.579. The molecule has 0 radical (unpaired) electrons. The summed E-state index contributed by atoms with van der Waals surface area (Å²) in [7, 11) is 3.09. The molecule has 0 unspecified atom stereocenters. The third-order valence-corrected chi connectivity index (χ3v) is 4.62. The summed E-state index contributed by atoms with van der Waals surface area (Å²) in [6.45, 7) is 1.91. The molecule has 6 heteroatoms. The summed E-state index contributed by atoms with van der Waals surface area (Å²) >= 11 is 0. The Morgan fingerprint density at radius 2 is 1.84 bits per heavy atom. The maximum atomic E-state index is 12.0. The van der Waals surface area contributed by atoms with Crippen LogP contribution in [0.25, 0.3) is 0 Å². The lowest BCUT2D eigenvalue weighted by Gasteiger charge is -2.29. The van der Waals surface area contributed by atoms with Gasteiger partial charge in [-0.25, -0.2) is 0 Å². The first-order valence-electron chi connectivity index (χ1n) is 8.69. The van der Waals surface area contributed by atoms with Crippen LogP contribution in [-0.2, 0) is 20.7 Å². The summed E-state index contributed by atoms with van der Waals surface area (Å²) in [5.74, 6) is 0.941. The van der Waals surface area contributed by atoms with E-state index in [1.165, 1.54) is 13.5 Å². The molecule has 0 saturated heterocycles. The number of benzene rings is 1. The minimum absolute atomic E-state index is 0.0769. The molecule has 138 valence electrons. The molecule has 1 aliphatic rings. The lowest BCUT2D eigenvalue weighted by molar-refractivity contribution is -0.148. The maximum Gasteiger partial charge on any atom is 0.310 e. The first-order chi connectivity index (χ1) is 12.0. The zero-order chi connectivity index (χ0) is 18.2. The predicted molar refractivity (Wildman–Crippen MR) is 93.8 cm³/mol. The highest BCUT2D eigenvalue weighted by molar-refractivity contribution is 5.81. The highest BCUT2D eigenvalue weighted by atomic mass is 16.5. The molecule has 1 fully saturated rings. The summed E-state index contributed by atoms with van der Waals surface area (Å²) in [6.07, 6.45) is 4.55. The fourth-order valence-corrected chi connectivity index (χ4v) is 3.13. The number of hydrogen-bond acceptors (Lipinski definition) is 5. The molecule has 0 bridgehead atoms. The van der Waals surface area contributed by atoms with Gasteiger partial charge in [-0.2, -0.15) is 0 Å². The molecular formula is C19H27NO5. The van der Waals surface area contributed by atoms with E-state index < -0.39 is 5.97 Å². The number of esters is 1. The molecule has 1 aliphatic carbocycles. The maximum absolute atomic E-state index is 12.0. The van der Waals surface area contributed by atoms with Crippen molar-refractivity contribution in [1.29, 1.82) is 0 Å². The molecule has 2 atom stereocenters. The van der Waals surface area contributed by atoms with Gasteiger partial charge in [-0.3, -0.25) is 9.59 Å². The normalized spacial score (nSPS) is 19.8. The Hall–Kier alpha value is -2.24. The second kappa shape index (κ2) is 9.30. The summed E-state index contributed by atoms with van der Waals surface area (Å²) < 4.78 is 15.5. The van der Waals surface area contributed by atoms with E-state index in [0.29, 0.717) is 17.4 Å². The minimum atomic E-state index is -0.445. The lowest BCUT2D eigenvalue weighted by Crippen LogP contribution is -2.42. The molecule has 25 heavy (non-hydrogen) atoms. The van der Waals surface area contributed by atoms with Crippen molar-refractivity contribution in [3.63, 3.8) is 0 Å². The van der Waals surface area contributed by atoms with E-state index in [4.69, 9.17) is 14.2 Å². The Morgan fingerprint density at radius 1 is 1.12 bits per heavy atom. The molecule has 1 aromatic carbocycles. The number of carbonyl (C=O) groups is 2. The van der Waals surface area contributed by atoms with Gasteiger partial charge in [-0.15, -0.1) is 0 Å². The van der Waals surface area contributed by atoms with Gasteiger partial charge in [0.2, 0.25) is 0 Å². The van der Waals surface area contributed by atoms with E-state index in [1.807, 2.05) is 0 Å². The molecule has 2 rings (SSSR count). The quantitative estimate of drug-likeness (QED) is 0.766. The standard InChI is InChI=1S/C19H27NO5/c1-13-6-4-5-7-15(13)20-18(21)12-25-19(22)11-14-8-9-16(23-2)17(10-14)24-3/h8-10,13,15H,4-7,11-12H2,1-3H3,(H,20,21)/t13-,15+/m1/s1. The van der Waals surface area contributed by atoms with Gasteiger partial charge in [0.05, 0.1) is 20.6 Å². The molecule has 0 aliphatic heterocycles. The Bertz CT molecular complexity index is 601. The molecule has 1 saturated carbocycles. The van der Waals surface area contributed by atoms with Crippen molar-refractivity contribution in [1.82, 2.24) is 5.32 Å². The van der Waals surface area contributed by atoms with E-state index >= 15 is 0 Å². The number of ether oxygens (including phenoxy) is 3. The number of hydrogen-bond donors (Lipinski definition) is 1. The third-order valence-electron chi connectivity index (χ3n) is 4.62. The summed E-state index contributed by atoms with van der Waals surface area (Å²) in [5.41, 5.74) is 0.740. The summed E-state index contributed by atoms with van der Waals surface area (Å²) in [6, 6.07) is 5.42. The van der Waals surface area contributed by atoms with Crippen molar-refractivity contribution in [2.24, 2.45) is 5.92 Å². The van der Waals surface area contributed by atoms with Gasteiger partial charge in [-0.05, 0) is 36.5 Å². The third kappa shape index (κ3) is 5.66. The largest absolute Gasteiger partial charge is 0.493 e. The number of nitrogens with one attached hydrogen (secondary N) is 1. The van der Waals surface area contributed by atoms with Gasteiger partial charge in [0, 0.05) is 6.04 Å². The Labute approximate surface area is 148 Å². The predicted octanol–water partition coefficient (Wildman–Crippen LogP) is 2.48. The van der Waals surface area contributed by atoms with Crippen molar-refractivity contribution < 1.29 is 23.8 Å². The van der Waals surface area contributed by atoms with Gasteiger partial charge in [0.1, 0.15) is 0 Å². The van der Waals surface area contributed by atoms with Gasteiger partial charge >= 0.3 is 5.97 Å². The minimum Gasteiger partial charge on any atom is -0.493 e. The molecular weight excluding hydrogens is 322 g/mol. The summed E-state index contributed by atoms with van der Waals surface area (Å²) in [4.78, 5) is 23.9. The van der Waals surface area contributed by atoms with Crippen molar-refractivity contribution in [3.8, 4) is 11.5 Å². The van der Waals surface area contributed by atoms with Crippen LogP contribution in [0.2, 0.25) is 0 Å². The van der Waals surface area contributed by atoms with Gasteiger partial charge < -0.3 is 19.5 Å². The van der Waals surface area contributed by atoms with Crippen LogP contribution in [-0.4, -0.2) is 38.7 Å². The number of rotatable bonds is 7. The number of carbonyl (C=O) groups excluding carboxylic acids is 2. The Kier molecular flexibility index (Phi) is 7.10. The monoisotopic (exact) mass is 349 g/mol. The van der Waals surface area contributed by atoms with Crippen LogP contribution in [0, 0.1) is 5.92 Å². The molecule has 0 aromatic heterocycles. The SMILES string of the molecule is COc1ccc(CC(=O)OCC(=O)N[C@H]2CCCC[C@H]2C)cc1OC. The van der Waals surface area contributed by atoms with Crippen LogP contribution in [0.15, 0.2) is 18.2 Å². The zero-order valence-corrected chi connectivity index (χ0v) is 15.2. The molecule has 1 amide bonds. The summed E-state index contributed by atoms with van der Waals surface area (Å²) in [5, 5.41) is 2.97. The van der Waals surface area contributed by atoms with E-state index in [0.717, 1.165) is 24.8 Å². The first-order valence-corrected chi connectivity index (χ1v) is 8.69. The second-order valence-electron chi connectivity index (χ2n) is 6.46. The number of amides is 1. The smallest absolute Gasteiger partial charge is 0.310 e. The van der Waals surface area contributed by atoms with Crippen LogP contribution in [0.4, 0.5) is 0 Å². The molecule has 1 N–H and O–H groups in total. The fourth-order valence-electron chi connectivity index (χ4n) is 3.13. The van der Waals surface area contributed by atoms with Gasteiger partial charge in [0.15, 0.2) is 18.1 Å². The second-order valence-corrected chi connectivity index (χ2v) is 6.46. The molecule has 6 nitrogen and oxygen atoms in total. The topological polar surface area (TPSA) is 73.9 Å². The van der Waals surface area contributed by atoms with Gasteiger partial charge in [-0.1, -0.05) is 25.8 Å². The average molecular weight is 349 g/mol. The van der Waals surface area contributed by atoms with Crippen molar-refractivity contribution in [2.45, 2.75) is 45.1 Å². The van der Waals surface area contributed by atoms with Crippen LogP contribution in [0.5, 0.6) is 11.5 Å².